The van der Waals surface area contributed by atoms with E-state index < -0.39 is 0 Å². The van der Waals surface area contributed by atoms with E-state index >= 15 is 0 Å². The molecule has 1 radical (unpaired) electrons. The molecule has 59 valence electrons. The Balaban J connectivity index is -0.00000000298. The molecule has 0 aliphatic carbocycles. The molecule has 0 saturated carbocycles. The summed E-state index contributed by atoms with van der Waals surface area (Å²) in [5.41, 5.74) is 0. The predicted octanol–water partition coefficient (Wildman–Crippen LogP) is -8.51. The quantitative estimate of drug-likeness (QED) is 0.325. The van der Waals surface area contributed by atoms with Crippen LogP contribution in [0.4, 0.5) is 0 Å². The summed E-state index contributed by atoms with van der Waals surface area (Å²) in [6, 6.07) is 0. The van der Waals surface area contributed by atoms with Crippen LogP contribution >= 0.6 is 0 Å². The van der Waals surface area contributed by atoms with Crippen LogP contribution in [0.15, 0.2) is 0 Å². The molecular formula is C5CoK3N5-2. The molecule has 0 amide bonds. The second kappa shape index (κ2) is 427. The Labute approximate surface area is 223 Å². The second-order valence-corrected chi connectivity index (χ2v) is 0. The zero-order valence-corrected chi connectivity index (χ0v) is 18.5. The second-order valence-electron chi connectivity index (χ2n) is 0. The summed E-state index contributed by atoms with van der Waals surface area (Å²) in [5.74, 6) is 0. The SMILES string of the molecule is [C-]#N.[C-]#N.[C-]#N.[C-]#N.[C-]#N.[Co].[K+].[K+].[K+]. The van der Waals surface area contributed by atoms with Gasteiger partial charge in [0.25, 0.3) is 0 Å². The Morgan fingerprint density at radius 3 is 0.357 bits per heavy atom. The van der Waals surface area contributed by atoms with Crippen molar-refractivity contribution in [1.82, 2.24) is 0 Å². The molecule has 0 unspecified atom stereocenters. The van der Waals surface area contributed by atoms with Gasteiger partial charge in [-0.05, 0) is 0 Å². The van der Waals surface area contributed by atoms with Crippen molar-refractivity contribution in [3.05, 3.63) is 32.9 Å². The molecule has 0 aromatic carbocycles. The van der Waals surface area contributed by atoms with E-state index in [0.717, 1.165) is 0 Å². The zero-order valence-electron chi connectivity index (χ0n) is 8.07. The average molecular weight is 306 g/mol. The van der Waals surface area contributed by atoms with Gasteiger partial charge in [0.15, 0.2) is 0 Å². The first-order valence-electron chi connectivity index (χ1n) is 1.12. The number of rotatable bonds is 0. The van der Waals surface area contributed by atoms with Crippen molar-refractivity contribution in [2.75, 3.05) is 0 Å². The van der Waals surface area contributed by atoms with Crippen LogP contribution in [0.5, 0.6) is 0 Å². The minimum absolute atomic E-state index is 0. The van der Waals surface area contributed by atoms with Crippen molar-refractivity contribution < 1.29 is 171 Å². The third kappa shape index (κ3) is 348. The Kier molecular flexibility index (Phi) is 2090. The Hall–Kier alpha value is 2.87. The van der Waals surface area contributed by atoms with Gasteiger partial charge >= 0.3 is 154 Å². The molecule has 0 spiro atoms. The van der Waals surface area contributed by atoms with Crippen molar-refractivity contribution in [1.29, 1.82) is 26.3 Å². The van der Waals surface area contributed by atoms with Crippen LogP contribution in [-0.4, -0.2) is 0 Å². The summed E-state index contributed by atoms with van der Waals surface area (Å²) in [5, 5.41) is 31.2. The molecule has 0 aliphatic heterocycles. The van der Waals surface area contributed by atoms with Gasteiger partial charge < -0.3 is 59.2 Å². The Bertz CT molecular complexity index is 83.9. The molecule has 0 bridgehead atoms. The van der Waals surface area contributed by atoms with E-state index in [1.54, 1.807) is 0 Å². The zero-order chi connectivity index (χ0) is 10.0. The maximum absolute atomic E-state index is 6.25. The summed E-state index contributed by atoms with van der Waals surface area (Å²) in [6.07, 6.45) is 0. The molecule has 0 aromatic heterocycles. The monoisotopic (exact) mass is 306 g/mol. The number of hydrogen-bond acceptors (Lipinski definition) is 5. The maximum Gasteiger partial charge on any atom is 1.00 e. The van der Waals surface area contributed by atoms with E-state index in [0.29, 0.717) is 0 Å². The van der Waals surface area contributed by atoms with E-state index in [2.05, 4.69) is 0 Å². The topological polar surface area (TPSA) is 119 Å². The van der Waals surface area contributed by atoms with Crippen molar-refractivity contribution in [3.63, 3.8) is 0 Å². The fraction of sp³-hybridized carbons (Fsp3) is 0. The van der Waals surface area contributed by atoms with Crippen LogP contribution in [0.25, 0.3) is 0 Å². The minimum atomic E-state index is 0. The van der Waals surface area contributed by atoms with Gasteiger partial charge in [-0.1, -0.05) is 0 Å². The minimum Gasteiger partial charge on any atom is -0.512 e. The molecule has 0 aromatic rings. The standard InChI is InChI=1S/5CN.Co.3K/c5*1-2;;;;/q5*-1;;3*+1. The first kappa shape index (κ1) is 68.6. The van der Waals surface area contributed by atoms with Gasteiger partial charge in [-0.2, -0.15) is 0 Å². The van der Waals surface area contributed by atoms with E-state index in [4.69, 9.17) is 59.2 Å². The summed E-state index contributed by atoms with van der Waals surface area (Å²) < 4.78 is 0. The van der Waals surface area contributed by atoms with Crippen molar-refractivity contribution in [2.24, 2.45) is 0 Å². The maximum atomic E-state index is 6.25. The van der Waals surface area contributed by atoms with Crippen LogP contribution in [-0.2, 0) is 16.8 Å². The molecule has 0 fully saturated rings. The summed E-state index contributed by atoms with van der Waals surface area (Å²) >= 11 is 0. The Morgan fingerprint density at radius 1 is 0.357 bits per heavy atom. The van der Waals surface area contributed by atoms with Gasteiger partial charge in [0.05, 0.1) is 0 Å². The van der Waals surface area contributed by atoms with Gasteiger partial charge in [-0.25, -0.2) is 0 Å². The van der Waals surface area contributed by atoms with Gasteiger partial charge in [0, 0.05) is 16.8 Å². The van der Waals surface area contributed by atoms with Crippen molar-refractivity contribution in [3.8, 4) is 0 Å². The summed E-state index contributed by atoms with van der Waals surface area (Å²) in [4.78, 5) is 0. The third-order valence-corrected chi connectivity index (χ3v) is 0. The van der Waals surface area contributed by atoms with Crippen molar-refractivity contribution >= 4 is 0 Å². The molecule has 9 heteroatoms. The Morgan fingerprint density at radius 2 is 0.357 bits per heavy atom. The third-order valence-electron chi connectivity index (χ3n) is 0. The molecule has 0 heterocycles. The van der Waals surface area contributed by atoms with Crippen LogP contribution in [0, 0.1) is 59.2 Å². The number of hydrogen-bond donors (Lipinski definition) is 0. The van der Waals surface area contributed by atoms with Gasteiger partial charge in [0.2, 0.25) is 0 Å². The number of nitrogens with zero attached hydrogens (tertiary/aromatic N) is 5. The molecule has 14 heavy (non-hydrogen) atoms. The molecule has 0 rings (SSSR count). The molecule has 0 saturated heterocycles. The first-order valence-corrected chi connectivity index (χ1v) is 1.12. The van der Waals surface area contributed by atoms with E-state index in [1.807, 2.05) is 0 Å². The largest absolute Gasteiger partial charge is 1.00 e. The fourth-order valence-corrected chi connectivity index (χ4v) is 0. The molecule has 0 atom stereocenters. The molecule has 0 aliphatic rings. The van der Waals surface area contributed by atoms with Gasteiger partial charge in [-0.3, -0.25) is 0 Å². The first-order chi connectivity index (χ1) is 5.00. The molecule has 5 nitrogen and oxygen atoms in total. The van der Waals surface area contributed by atoms with E-state index in [-0.39, 0.29) is 171 Å². The summed E-state index contributed by atoms with van der Waals surface area (Å²) in [6.45, 7) is 23.8. The molecular weight excluding hydrogens is 306 g/mol. The van der Waals surface area contributed by atoms with Crippen LogP contribution in [0.1, 0.15) is 0 Å². The van der Waals surface area contributed by atoms with E-state index in [9.17, 15) is 0 Å². The predicted molar refractivity (Wildman–Crippen MR) is 24.8 cm³/mol. The normalized spacial score (nSPS) is 0.714. The van der Waals surface area contributed by atoms with Crippen LogP contribution in [0.3, 0.4) is 0 Å². The van der Waals surface area contributed by atoms with E-state index in [1.165, 1.54) is 0 Å². The van der Waals surface area contributed by atoms with Crippen LogP contribution in [0.2, 0.25) is 0 Å². The smallest absolute Gasteiger partial charge is 0.512 e. The van der Waals surface area contributed by atoms with Crippen molar-refractivity contribution in [2.45, 2.75) is 0 Å². The van der Waals surface area contributed by atoms with Crippen LogP contribution < -0.4 is 154 Å². The summed E-state index contributed by atoms with van der Waals surface area (Å²) in [7, 11) is 0. The van der Waals surface area contributed by atoms with Gasteiger partial charge in [0.1, 0.15) is 0 Å². The fourth-order valence-electron chi connectivity index (χ4n) is 0. The molecule has 0 N–H and O–H groups in total. The average Bonchev–Trinajstić information content (AvgIpc) is 2.20. The van der Waals surface area contributed by atoms with Gasteiger partial charge in [-0.15, -0.1) is 0 Å².